The van der Waals surface area contributed by atoms with Crippen LogP contribution in [0.3, 0.4) is 0 Å². The Kier molecular flexibility index (Phi) is 2.46. The molecule has 3 rings (SSSR count). The molecular weight excluding hydrogens is 248 g/mol. The van der Waals surface area contributed by atoms with E-state index in [4.69, 9.17) is 11.6 Å². The molecule has 18 heavy (non-hydrogen) atoms. The lowest BCUT2D eigenvalue weighted by Crippen LogP contribution is -2.04. The maximum atomic E-state index is 12.2. The first-order chi connectivity index (χ1) is 8.65. The van der Waals surface area contributed by atoms with Crippen molar-refractivity contribution in [2.45, 2.75) is 0 Å². The molecule has 0 saturated carbocycles. The number of hydrogen-bond donors (Lipinski definition) is 1. The predicted molar refractivity (Wildman–Crippen MR) is 71.9 cm³/mol. The summed E-state index contributed by atoms with van der Waals surface area (Å²) in [5.41, 5.74) is 2.77. The number of ketones is 1. The average molecular weight is 257 g/mol. The van der Waals surface area contributed by atoms with Gasteiger partial charge in [-0.2, -0.15) is 0 Å². The van der Waals surface area contributed by atoms with E-state index in [-0.39, 0.29) is 11.5 Å². The lowest BCUT2D eigenvalue weighted by Gasteiger charge is -2.13. The van der Waals surface area contributed by atoms with Crippen molar-refractivity contribution in [2.24, 2.45) is 0 Å². The van der Waals surface area contributed by atoms with Crippen LogP contribution in [-0.4, -0.2) is 10.9 Å². The van der Waals surface area contributed by atoms with Gasteiger partial charge in [0.1, 0.15) is 5.75 Å². The maximum Gasteiger partial charge on any atom is 0.196 e. The van der Waals surface area contributed by atoms with Gasteiger partial charge >= 0.3 is 0 Å². The Bertz CT molecular complexity index is 670. The minimum Gasteiger partial charge on any atom is -0.507 e. The van der Waals surface area contributed by atoms with Gasteiger partial charge in [-0.3, -0.25) is 4.79 Å². The van der Waals surface area contributed by atoms with Crippen molar-refractivity contribution < 1.29 is 9.90 Å². The second-order valence-electron chi connectivity index (χ2n) is 4.17. The molecule has 0 amide bonds. The second-order valence-corrected chi connectivity index (χ2v) is 4.60. The fraction of sp³-hybridized carbons (Fsp3) is 0. The molecule has 0 radical (unpaired) electrons. The van der Waals surface area contributed by atoms with Crippen molar-refractivity contribution in [3.05, 3.63) is 63.7 Å². The number of phenolic OH excluding ortho intramolecular Hbond substituents is 1. The molecule has 0 heterocycles. The van der Waals surface area contributed by atoms with E-state index in [2.05, 4.69) is 0 Å². The molecule has 0 atom stereocenters. The first-order valence-corrected chi connectivity index (χ1v) is 5.88. The van der Waals surface area contributed by atoms with Crippen molar-refractivity contribution >= 4 is 29.5 Å². The van der Waals surface area contributed by atoms with Gasteiger partial charge in [-0.1, -0.05) is 23.8 Å². The van der Waals surface area contributed by atoms with Crippen LogP contribution in [0.25, 0.3) is 12.2 Å². The summed E-state index contributed by atoms with van der Waals surface area (Å²) in [7, 11) is 0. The summed E-state index contributed by atoms with van der Waals surface area (Å²) < 4.78 is 0. The highest BCUT2D eigenvalue weighted by molar-refractivity contribution is 6.30. The van der Waals surface area contributed by atoms with Crippen LogP contribution in [0.15, 0.2) is 36.4 Å². The Labute approximate surface area is 109 Å². The zero-order valence-electron chi connectivity index (χ0n) is 9.35. The molecular formula is C15H9ClO2. The Morgan fingerprint density at radius 3 is 2.22 bits per heavy atom. The molecule has 88 valence electrons. The highest BCUT2D eigenvalue weighted by Crippen LogP contribution is 2.31. The molecule has 0 unspecified atom stereocenters. The first kappa shape index (κ1) is 11.1. The Balaban J connectivity index is 2.03. The number of hydrogen-bond acceptors (Lipinski definition) is 2. The molecule has 2 nitrogen and oxygen atoms in total. The van der Waals surface area contributed by atoms with E-state index < -0.39 is 0 Å². The number of rotatable bonds is 2. The molecule has 2 aromatic carbocycles. The third-order valence-corrected chi connectivity index (χ3v) is 3.25. The standard InChI is InChI=1S/C15H9ClO2/c16-12-5-3-9(4-6-12)15(18)13-7-10-1-2-11(10)8-14(13)17/h1-8,17H. The average Bonchev–Trinajstić information content (AvgIpc) is 2.34. The van der Waals surface area contributed by atoms with Gasteiger partial charge in [-0.05, 0) is 47.5 Å². The molecule has 2 aromatic rings. The third kappa shape index (κ3) is 1.71. The van der Waals surface area contributed by atoms with Gasteiger partial charge in [0.15, 0.2) is 5.78 Å². The maximum absolute atomic E-state index is 12.2. The van der Waals surface area contributed by atoms with Crippen LogP contribution in [0.2, 0.25) is 5.02 Å². The first-order valence-electron chi connectivity index (χ1n) is 5.50. The van der Waals surface area contributed by atoms with Gasteiger partial charge in [0.25, 0.3) is 0 Å². The predicted octanol–water partition coefficient (Wildman–Crippen LogP) is 3.76. The van der Waals surface area contributed by atoms with Gasteiger partial charge in [-0.25, -0.2) is 0 Å². The van der Waals surface area contributed by atoms with Crippen molar-refractivity contribution in [2.75, 3.05) is 0 Å². The summed E-state index contributed by atoms with van der Waals surface area (Å²) in [5, 5.41) is 10.4. The molecule has 0 spiro atoms. The normalized spacial score (nSPS) is 11.8. The Morgan fingerprint density at radius 1 is 1.00 bits per heavy atom. The van der Waals surface area contributed by atoms with Gasteiger partial charge in [0.2, 0.25) is 0 Å². The number of carbonyl (C=O) groups is 1. The van der Waals surface area contributed by atoms with E-state index >= 15 is 0 Å². The highest BCUT2D eigenvalue weighted by Gasteiger charge is 2.17. The van der Waals surface area contributed by atoms with Crippen LogP contribution in [0.4, 0.5) is 0 Å². The molecule has 0 aliphatic heterocycles. The number of benzene rings is 2. The van der Waals surface area contributed by atoms with Crippen LogP contribution in [-0.2, 0) is 0 Å². The summed E-state index contributed by atoms with van der Waals surface area (Å²) in [4.78, 5) is 12.2. The molecule has 3 heteroatoms. The van der Waals surface area contributed by atoms with Crippen LogP contribution in [0.5, 0.6) is 5.75 Å². The summed E-state index contributed by atoms with van der Waals surface area (Å²) in [5.74, 6) is -0.190. The van der Waals surface area contributed by atoms with Crippen molar-refractivity contribution in [3.63, 3.8) is 0 Å². The van der Waals surface area contributed by atoms with E-state index in [9.17, 15) is 9.90 Å². The number of carbonyl (C=O) groups excluding carboxylic acids is 1. The highest BCUT2D eigenvalue weighted by atomic mass is 35.5. The molecule has 1 aliphatic rings. The third-order valence-electron chi connectivity index (χ3n) is 2.99. The topological polar surface area (TPSA) is 37.3 Å². The summed E-state index contributed by atoms with van der Waals surface area (Å²) >= 11 is 5.78. The van der Waals surface area contributed by atoms with Crippen LogP contribution >= 0.6 is 11.6 Å². The summed E-state index contributed by atoms with van der Waals surface area (Å²) in [6.07, 6.45) is 3.80. The van der Waals surface area contributed by atoms with E-state index in [0.29, 0.717) is 16.1 Å². The number of halogens is 1. The molecule has 0 fully saturated rings. The van der Waals surface area contributed by atoms with Gasteiger partial charge < -0.3 is 5.11 Å². The largest absolute Gasteiger partial charge is 0.507 e. The molecule has 0 bridgehead atoms. The van der Waals surface area contributed by atoms with E-state index in [1.54, 1.807) is 36.4 Å². The van der Waals surface area contributed by atoms with Crippen LogP contribution < -0.4 is 0 Å². The monoisotopic (exact) mass is 256 g/mol. The molecule has 0 saturated heterocycles. The second kappa shape index (κ2) is 4.00. The van der Waals surface area contributed by atoms with Crippen molar-refractivity contribution in [3.8, 4) is 5.75 Å². The number of fused-ring (bicyclic) bond motifs is 1. The van der Waals surface area contributed by atoms with Gasteiger partial charge in [-0.15, -0.1) is 0 Å². The minimum absolute atomic E-state index is 0.0121. The van der Waals surface area contributed by atoms with Gasteiger partial charge in [0.05, 0.1) is 5.56 Å². The fourth-order valence-electron chi connectivity index (χ4n) is 1.93. The van der Waals surface area contributed by atoms with Crippen LogP contribution in [0, 0.1) is 0 Å². The smallest absolute Gasteiger partial charge is 0.196 e. The van der Waals surface area contributed by atoms with Crippen LogP contribution in [0.1, 0.15) is 27.0 Å². The molecule has 1 N–H and O–H groups in total. The van der Waals surface area contributed by atoms with Crippen molar-refractivity contribution in [1.82, 2.24) is 0 Å². The fourth-order valence-corrected chi connectivity index (χ4v) is 2.06. The zero-order valence-corrected chi connectivity index (χ0v) is 10.1. The molecule has 1 aliphatic carbocycles. The van der Waals surface area contributed by atoms with Crippen molar-refractivity contribution in [1.29, 1.82) is 0 Å². The lowest BCUT2D eigenvalue weighted by atomic mass is 9.92. The minimum atomic E-state index is -0.202. The van der Waals surface area contributed by atoms with Gasteiger partial charge in [0, 0.05) is 10.6 Å². The van der Waals surface area contributed by atoms with E-state index in [1.807, 2.05) is 12.2 Å². The SMILES string of the molecule is O=C(c1ccc(Cl)cc1)c1cc2c(cc1O)C=C2. The quantitative estimate of drug-likeness (QED) is 0.709. The lowest BCUT2D eigenvalue weighted by molar-refractivity contribution is 0.103. The number of phenols is 1. The Hall–Kier alpha value is -2.06. The number of aromatic hydroxyl groups is 1. The summed E-state index contributed by atoms with van der Waals surface area (Å²) in [6.45, 7) is 0. The molecule has 0 aromatic heterocycles. The zero-order chi connectivity index (χ0) is 12.7. The van der Waals surface area contributed by atoms with E-state index in [1.165, 1.54) is 0 Å². The Morgan fingerprint density at radius 2 is 1.61 bits per heavy atom. The van der Waals surface area contributed by atoms with E-state index in [0.717, 1.165) is 11.1 Å². The summed E-state index contributed by atoms with van der Waals surface area (Å²) in [6, 6.07) is 9.94.